The largest absolute Gasteiger partial charge is 0.463 e. The smallest absolute Gasteiger partial charge is 0.323 e. The topological polar surface area (TPSA) is 104 Å². The molecule has 2 aromatic rings. The van der Waals surface area contributed by atoms with Gasteiger partial charge in [-0.2, -0.15) is 20.1 Å². The molecule has 0 unspecified atom stereocenters. The zero-order valence-corrected chi connectivity index (χ0v) is 11.7. The highest BCUT2D eigenvalue weighted by molar-refractivity contribution is 5.32. The van der Waals surface area contributed by atoms with Crippen LogP contribution in [0.25, 0.3) is 0 Å². The van der Waals surface area contributed by atoms with Gasteiger partial charge in [-0.05, 0) is 18.4 Å². The van der Waals surface area contributed by atoms with Gasteiger partial charge in [-0.3, -0.25) is 4.68 Å². The molecule has 3 N–H and O–H groups in total. The van der Waals surface area contributed by atoms with Crippen molar-refractivity contribution < 1.29 is 4.74 Å². The average Bonchev–Trinajstić information content (AvgIpc) is 2.81. The SMILES string of the molecule is CCCOc1nc(N)nc(NCCc2cnn(C)c2)n1. The minimum absolute atomic E-state index is 0.148. The van der Waals surface area contributed by atoms with Crippen molar-refractivity contribution >= 4 is 11.9 Å². The first kappa shape index (κ1) is 14.0. The number of anilines is 2. The summed E-state index contributed by atoms with van der Waals surface area (Å²) in [6.45, 7) is 3.25. The zero-order chi connectivity index (χ0) is 14.4. The third kappa shape index (κ3) is 4.08. The van der Waals surface area contributed by atoms with E-state index < -0.39 is 0 Å². The van der Waals surface area contributed by atoms with E-state index in [1.54, 1.807) is 4.68 Å². The van der Waals surface area contributed by atoms with E-state index in [1.807, 2.05) is 26.4 Å². The first-order valence-corrected chi connectivity index (χ1v) is 6.53. The number of aromatic nitrogens is 5. The Balaban J connectivity index is 1.89. The van der Waals surface area contributed by atoms with Crippen LogP contribution in [0.3, 0.4) is 0 Å². The van der Waals surface area contributed by atoms with Gasteiger partial charge < -0.3 is 15.8 Å². The Morgan fingerprint density at radius 2 is 2.20 bits per heavy atom. The Labute approximate surface area is 117 Å². The number of hydrogen-bond acceptors (Lipinski definition) is 7. The minimum atomic E-state index is 0.148. The van der Waals surface area contributed by atoms with Crippen LogP contribution in [0.4, 0.5) is 11.9 Å². The standard InChI is InChI=1S/C12H19N7O/c1-3-6-20-12-17-10(13)16-11(18-12)14-5-4-9-7-15-19(2)8-9/h7-8H,3-6H2,1-2H3,(H3,13,14,16,17,18). The molecule has 0 radical (unpaired) electrons. The van der Waals surface area contributed by atoms with Crippen LogP contribution in [0.2, 0.25) is 0 Å². The lowest BCUT2D eigenvalue weighted by Gasteiger charge is -2.07. The Bertz CT molecular complexity index is 554. The van der Waals surface area contributed by atoms with Gasteiger partial charge >= 0.3 is 6.01 Å². The second-order valence-corrected chi connectivity index (χ2v) is 4.35. The summed E-state index contributed by atoms with van der Waals surface area (Å²) in [6, 6.07) is 0.253. The van der Waals surface area contributed by atoms with Crippen LogP contribution in [0.15, 0.2) is 12.4 Å². The summed E-state index contributed by atoms with van der Waals surface area (Å²) in [7, 11) is 1.89. The highest BCUT2D eigenvalue weighted by atomic mass is 16.5. The van der Waals surface area contributed by atoms with Gasteiger partial charge in [0.05, 0.1) is 12.8 Å². The lowest BCUT2D eigenvalue weighted by Crippen LogP contribution is -2.11. The molecule has 2 rings (SSSR count). The third-order valence-corrected chi connectivity index (χ3v) is 2.52. The van der Waals surface area contributed by atoms with Gasteiger partial charge in [0.15, 0.2) is 0 Å². The Hall–Kier alpha value is -2.38. The molecule has 0 bridgehead atoms. The van der Waals surface area contributed by atoms with Gasteiger partial charge in [0.1, 0.15) is 0 Å². The lowest BCUT2D eigenvalue weighted by atomic mass is 10.2. The molecule has 0 saturated carbocycles. The fourth-order valence-corrected chi connectivity index (χ4v) is 1.63. The van der Waals surface area contributed by atoms with Gasteiger partial charge in [0.25, 0.3) is 0 Å². The van der Waals surface area contributed by atoms with E-state index in [-0.39, 0.29) is 12.0 Å². The number of nitrogens with two attached hydrogens (primary N) is 1. The molecule has 0 saturated heterocycles. The number of nitrogen functional groups attached to an aromatic ring is 1. The molecule has 0 aliphatic carbocycles. The molecule has 8 heteroatoms. The predicted molar refractivity (Wildman–Crippen MR) is 75.4 cm³/mol. The Kier molecular flexibility index (Phi) is 4.70. The molecule has 0 aliphatic rings. The van der Waals surface area contributed by atoms with E-state index >= 15 is 0 Å². The van der Waals surface area contributed by atoms with E-state index in [0.29, 0.717) is 19.1 Å². The van der Waals surface area contributed by atoms with Crippen LogP contribution in [0.5, 0.6) is 6.01 Å². The molecule has 0 aromatic carbocycles. The molecule has 2 heterocycles. The second-order valence-electron chi connectivity index (χ2n) is 4.35. The monoisotopic (exact) mass is 277 g/mol. The molecule has 8 nitrogen and oxygen atoms in total. The van der Waals surface area contributed by atoms with Crippen molar-refractivity contribution in [2.75, 3.05) is 24.2 Å². The van der Waals surface area contributed by atoms with Gasteiger partial charge in [0, 0.05) is 19.8 Å². The van der Waals surface area contributed by atoms with Gasteiger partial charge in [0.2, 0.25) is 11.9 Å². The molecule has 0 aliphatic heterocycles. The molecule has 0 fully saturated rings. The van der Waals surface area contributed by atoms with Crippen molar-refractivity contribution in [2.45, 2.75) is 19.8 Å². The van der Waals surface area contributed by atoms with Crippen LogP contribution in [0, 0.1) is 0 Å². The van der Waals surface area contributed by atoms with Gasteiger partial charge in [-0.15, -0.1) is 0 Å². The average molecular weight is 277 g/mol. The van der Waals surface area contributed by atoms with Crippen LogP contribution >= 0.6 is 0 Å². The van der Waals surface area contributed by atoms with E-state index in [0.717, 1.165) is 18.4 Å². The van der Waals surface area contributed by atoms with E-state index in [1.165, 1.54) is 0 Å². The molecule has 20 heavy (non-hydrogen) atoms. The molecule has 0 amide bonds. The number of ether oxygens (including phenoxy) is 1. The third-order valence-electron chi connectivity index (χ3n) is 2.52. The Morgan fingerprint density at radius 1 is 1.35 bits per heavy atom. The second kappa shape index (κ2) is 6.69. The molecule has 2 aromatic heterocycles. The minimum Gasteiger partial charge on any atom is -0.463 e. The summed E-state index contributed by atoms with van der Waals surface area (Å²) in [4.78, 5) is 12.1. The molecule has 0 atom stereocenters. The van der Waals surface area contributed by atoms with Crippen LogP contribution in [-0.4, -0.2) is 37.9 Å². The van der Waals surface area contributed by atoms with Crippen LogP contribution in [0.1, 0.15) is 18.9 Å². The number of nitrogens with one attached hydrogen (secondary N) is 1. The maximum atomic E-state index is 5.62. The first-order valence-electron chi connectivity index (χ1n) is 6.53. The molecule has 108 valence electrons. The van der Waals surface area contributed by atoms with E-state index in [2.05, 4.69) is 25.4 Å². The summed E-state index contributed by atoms with van der Waals surface area (Å²) < 4.78 is 7.12. The van der Waals surface area contributed by atoms with E-state index in [4.69, 9.17) is 10.5 Å². The number of hydrogen-bond donors (Lipinski definition) is 2. The fraction of sp³-hybridized carbons (Fsp3) is 0.500. The maximum Gasteiger partial charge on any atom is 0.323 e. The Morgan fingerprint density at radius 3 is 2.90 bits per heavy atom. The lowest BCUT2D eigenvalue weighted by molar-refractivity contribution is 0.292. The number of rotatable bonds is 7. The van der Waals surface area contributed by atoms with Crippen molar-refractivity contribution in [1.29, 1.82) is 0 Å². The summed E-state index contributed by atoms with van der Waals surface area (Å²) in [5.74, 6) is 0.572. The summed E-state index contributed by atoms with van der Waals surface area (Å²) in [6.07, 6.45) is 5.51. The molecular formula is C12H19N7O. The van der Waals surface area contributed by atoms with Gasteiger partial charge in [-0.1, -0.05) is 6.92 Å². The summed E-state index contributed by atoms with van der Waals surface area (Å²) in [5, 5.41) is 7.21. The quantitative estimate of drug-likeness (QED) is 0.765. The van der Waals surface area contributed by atoms with Crippen LogP contribution in [-0.2, 0) is 13.5 Å². The van der Waals surface area contributed by atoms with Crippen molar-refractivity contribution in [3.8, 4) is 6.01 Å². The molecular weight excluding hydrogens is 258 g/mol. The maximum absolute atomic E-state index is 5.62. The highest BCUT2D eigenvalue weighted by Crippen LogP contribution is 2.09. The predicted octanol–water partition coefficient (Wildman–Crippen LogP) is 0.631. The molecule has 0 spiro atoms. The normalized spacial score (nSPS) is 10.5. The first-order chi connectivity index (χ1) is 9.67. The summed E-state index contributed by atoms with van der Waals surface area (Å²) >= 11 is 0. The van der Waals surface area contributed by atoms with Crippen molar-refractivity contribution in [3.63, 3.8) is 0 Å². The number of aryl methyl sites for hydroxylation is 1. The summed E-state index contributed by atoms with van der Waals surface area (Å²) in [5.41, 5.74) is 6.76. The van der Waals surface area contributed by atoms with Gasteiger partial charge in [-0.25, -0.2) is 0 Å². The highest BCUT2D eigenvalue weighted by Gasteiger charge is 2.05. The zero-order valence-electron chi connectivity index (χ0n) is 11.7. The van der Waals surface area contributed by atoms with Crippen molar-refractivity contribution in [1.82, 2.24) is 24.7 Å². The van der Waals surface area contributed by atoms with E-state index in [9.17, 15) is 0 Å². The van der Waals surface area contributed by atoms with Crippen molar-refractivity contribution in [3.05, 3.63) is 18.0 Å². The van der Waals surface area contributed by atoms with Crippen LogP contribution < -0.4 is 15.8 Å². The fourth-order valence-electron chi connectivity index (χ4n) is 1.63. The number of nitrogens with zero attached hydrogens (tertiary/aromatic N) is 5. The van der Waals surface area contributed by atoms with Crippen molar-refractivity contribution in [2.24, 2.45) is 7.05 Å².